The van der Waals surface area contributed by atoms with E-state index in [1.165, 1.54) is 11.9 Å². The Morgan fingerprint density at radius 3 is 2.62 bits per heavy atom. The SMILES string of the molecule is CCNC(=NCc1cc(C(C)C)no1)NCCN(C)CC(F)(F)F. The zero-order valence-electron chi connectivity index (χ0n) is 14.6. The summed E-state index contributed by atoms with van der Waals surface area (Å²) in [6.45, 7) is 6.60. The minimum Gasteiger partial charge on any atom is -0.359 e. The number of nitrogens with zero attached hydrogens (tertiary/aromatic N) is 3. The first-order chi connectivity index (χ1) is 11.2. The molecule has 1 aromatic rings. The Balaban J connectivity index is 2.47. The Morgan fingerprint density at radius 2 is 2.08 bits per heavy atom. The molecule has 1 rings (SSSR count). The van der Waals surface area contributed by atoms with E-state index in [-0.39, 0.29) is 12.5 Å². The molecule has 1 aromatic heterocycles. The van der Waals surface area contributed by atoms with Crippen molar-refractivity contribution < 1.29 is 17.7 Å². The number of hydrogen-bond acceptors (Lipinski definition) is 4. The molecular weight excluding hydrogens is 323 g/mol. The standard InChI is InChI=1S/C15H26F3N5O/c1-5-19-14(20-6-7-23(4)10-15(16,17)18)21-9-12-8-13(11(2)3)22-24-12/h8,11H,5-7,9-10H2,1-4H3,(H2,19,20,21). The van der Waals surface area contributed by atoms with Crippen molar-refractivity contribution in [3.63, 3.8) is 0 Å². The van der Waals surface area contributed by atoms with Crippen molar-refractivity contribution in [1.29, 1.82) is 0 Å². The molecule has 0 aliphatic rings. The van der Waals surface area contributed by atoms with Crippen molar-refractivity contribution in [2.75, 3.05) is 33.2 Å². The largest absolute Gasteiger partial charge is 0.401 e. The van der Waals surface area contributed by atoms with E-state index in [2.05, 4.69) is 20.8 Å². The summed E-state index contributed by atoms with van der Waals surface area (Å²) < 4.78 is 42.0. The lowest BCUT2D eigenvalue weighted by Gasteiger charge is -2.19. The lowest BCUT2D eigenvalue weighted by atomic mass is 10.1. The highest BCUT2D eigenvalue weighted by molar-refractivity contribution is 5.79. The summed E-state index contributed by atoms with van der Waals surface area (Å²) in [6, 6.07) is 1.86. The van der Waals surface area contributed by atoms with Crippen LogP contribution in [0.1, 0.15) is 38.1 Å². The summed E-state index contributed by atoms with van der Waals surface area (Å²) in [7, 11) is 1.43. The van der Waals surface area contributed by atoms with Crippen molar-refractivity contribution in [3.8, 4) is 0 Å². The molecule has 6 nitrogen and oxygen atoms in total. The second-order valence-electron chi connectivity index (χ2n) is 5.85. The van der Waals surface area contributed by atoms with Crippen molar-refractivity contribution in [3.05, 3.63) is 17.5 Å². The topological polar surface area (TPSA) is 65.7 Å². The maximum Gasteiger partial charge on any atom is 0.401 e. The molecule has 0 aliphatic heterocycles. The fourth-order valence-corrected chi connectivity index (χ4v) is 1.92. The summed E-state index contributed by atoms with van der Waals surface area (Å²) in [6.07, 6.45) is -4.19. The number of hydrogen-bond donors (Lipinski definition) is 2. The van der Waals surface area contributed by atoms with E-state index in [1.807, 2.05) is 26.8 Å². The predicted octanol–water partition coefficient (Wildman–Crippen LogP) is 2.35. The third kappa shape index (κ3) is 8.19. The van der Waals surface area contributed by atoms with Crippen LogP contribution in [0.3, 0.4) is 0 Å². The van der Waals surface area contributed by atoms with Crippen LogP contribution in [0.25, 0.3) is 0 Å². The number of halogens is 3. The number of nitrogens with one attached hydrogen (secondary N) is 2. The number of likely N-dealkylation sites (N-methyl/N-ethyl adjacent to an activating group) is 1. The van der Waals surface area contributed by atoms with Crippen molar-refractivity contribution in [2.24, 2.45) is 4.99 Å². The molecule has 138 valence electrons. The quantitative estimate of drug-likeness (QED) is 0.557. The van der Waals surface area contributed by atoms with Gasteiger partial charge in [0.15, 0.2) is 11.7 Å². The van der Waals surface area contributed by atoms with Gasteiger partial charge < -0.3 is 15.2 Å². The number of rotatable bonds is 8. The third-order valence-corrected chi connectivity index (χ3v) is 3.14. The predicted molar refractivity (Wildman–Crippen MR) is 87.0 cm³/mol. The fraction of sp³-hybridized carbons (Fsp3) is 0.733. The van der Waals surface area contributed by atoms with E-state index in [4.69, 9.17) is 4.52 Å². The van der Waals surface area contributed by atoms with Crippen LogP contribution >= 0.6 is 0 Å². The van der Waals surface area contributed by atoms with Gasteiger partial charge in [-0.3, -0.25) is 4.90 Å². The Labute approximate surface area is 140 Å². The van der Waals surface area contributed by atoms with Gasteiger partial charge in [0.25, 0.3) is 0 Å². The van der Waals surface area contributed by atoms with Crippen molar-refractivity contribution in [2.45, 2.75) is 39.4 Å². The van der Waals surface area contributed by atoms with Crippen LogP contribution in [0.4, 0.5) is 13.2 Å². The molecule has 0 bridgehead atoms. The van der Waals surface area contributed by atoms with Gasteiger partial charge in [0.2, 0.25) is 0 Å². The van der Waals surface area contributed by atoms with Gasteiger partial charge in [0.05, 0.1) is 12.2 Å². The van der Waals surface area contributed by atoms with E-state index < -0.39 is 12.7 Å². The monoisotopic (exact) mass is 349 g/mol. The molecule has 0 spiro atoms. The van der Waals surface area contributed by atoms with Crippen LogP contribution in [0, 0.1) is 0 Å². The second-order valence-corrected chi connectivity index (χ2v) is 5.85. The number of guanidine groups is 1. The molecule has 9 heteroatoms. The Morgan fingerprint density at radius 1 is 1.38 bits per heavy atom. The van der Waals surface area contributed by atoms with Crippen LogP contribution in [0.15, 0.2) is 15.6 Å². The summed E-state index contributed by atoms with van der Waals surface area (Å²) in [5.41, 5.74) is 0.868. The molecule has 0 radical (unpaired) electrons. The van der Waals surface area contributed by atoms with Gasteiger partial charge in [0.1, 0.15) is 6.54 Å². The number of aliphatic imine (C=N–C) groups is 1. The van der Waals surface area contributed by atoms with E-state index >= 15 is 0 Å². The number of aromatic nitrogens is 1. The molecule has 0 saturated heterocycles. The van der Waals surface area contributed by atoms with Gasteiger partial charge in [-0.1, -0.05) is 19.0 Å². The average Bonchev–Trinajstić information content (AvgIpc) is 2.92. The minimum absolute atomic E-state index is 0.254. The van der Waals surface area contributed by atoms with Crippen LogP contribution in [0.2, 0.25) is 0 Å². The summed E-state index contributed by atoms with van der Waals surface area (Å²) in [4.78, 5) is 5.56. The highest BCUT2D eigenvalue weighted by Crippen LogP contribution is 2.15. The molecule has 0 aliphatic carbocycles. The lowest BCUT2D eigenvalue weighted by Crippen LogP contribution is -2.42. The average molecular weight is 349 g/mol. The second kappa shape index (κ2) is 9.51. The zero-order chi connectivity index (χ0) is 18.2. The van der Waals surface area contributed by atoms with Crippen LogP contribution < -0.4 is 10.6 Å². The number of alkyl halides is 3. The molecule has 0 aromatic carbocycles. The van der Waals surface area contributed by atoms with Crippen molar-refractivity contribution >= 4 is 5.96 Å². The molecule has 0 amide bonds. The van der Waals surface area contributed by atoms with Crippen molar-refractivity contribution in [1.82, 2.24) is 20.7 Å². The van der Waals surface area contributed by atoms with E-state index in [9.17, 15) is 13.2 Å². The normalized spacial score (nSPS) is 13.0. The Hall–Kier alpha value is -1.77. The molecule has 0 saturated carbocycles. The third-order valence-electron chi connectivity index (χ3n) is 3.14. The van der Waals surface area contributed by atoms with Gasteiger partial charge in [0, 0.05) is 25.7 Å². The highest BCUT2D eigenvalue weighted by atomic mass is 19.4. The highest BCUT2D eigenvalue weighted by Gasteiger charge is 2.28. The maximum absolute atomic E-state index is 12.3. The lowest BCUT2D eigenvalue weighted by molar-refractivity contribution is -0.142. The fourth-order valence-electron chi connectivity index (χ4n) is 1.92. The first-order valence-corrected chi connectivity index (χ1v) is 7.94. The van der Waals surface area contributed by atoms with E-state index in [1.54, 1.807) is 0 Å². The van der Waals surface area contributed by atoms with Gasteiger partial charge in [-0.25, -0.2) is 4.99 Å². The minimum atomic E-state index is -4.19. The van der Waals surface area contributed by atoms with Gasteiger partial charge in [-0.05, 0) is 19.9 Å². The molecule has 0 fully saturated rings. The van der Waals surface area contributed by atoms with E-state index in [0.717, 1.165) is 5.69 Å². The maximum atomic E-state index is 12.3. The molecule has 2 N–H and O–H groups in total. The van der Waals surface area contributed by atoms with Crippen LogP contribution in [-0.4, -0.2) is 55.4 Å². The van der Waals surface area contributed by atoms with Crippen LogP contribution in [0.5, 0.6) is 0 Å². The summed E-state index contributed by atoms with van der Waals surface area (Å²) in [5, 5.41) is 10.0. The Bertz CT molecular complexity index is 513. The first-order valence-electron chi connectivity index (χ1n) is 7.94. The summed E-state index contributed by atoms with van der Waals surface area (Å²) >= 11 is 0. The zero-order valence-corrected chi connectivity index (χ0v) is 14.6. The molecule has 0 atom stereocenters. The van der Waals surface area contributed by atoms with Crippen LogP contribution in [-0.2, 0) is 6.54 Å². The molecular formula is C15H26F3N5O. The molecule has 1 heterocycles. The first kappa shape index (κ1) is 20.3. The van der Waals surface area contributed by atoms with Gasteiger partial charge in [-0.15, -0.1) is 0 Å². The summed E-state index contributed by atoms with van der Waals surface area (Å²) in [5.74, 6) is 1.45. The molecule has 24 heavy (non-hydrogen) atoms. The smallest absolute Gasteiger partial charge is 0.359 e. The van der Waals surface area contributed by atoms with E-state index in [0.29, 0.717) is 31.4 Å². The Kier molecular flexibility index (Phi) is 8.03. The van der Waals surface area contributed by atoms with Gasteiger partial charge in [-0.2, -0.15) is 13.2 Å². The van der Waals surface area contributed by atoms with Gasteiger partial charge >= 0.3 is 6.18 Å². The molecule has 0 unspecified atom stereocenters.